The van der Waals surface area contributed by atoms with Crippen molar-refractivity contribution in [3.05, 3.63) is 33.8 Å². The van der Waals surface area contributed by atoms with Crippen LogP contribution >= 0.6 is 23.2 Å². The van der Waals surface area contributed by atoms with Gasteiger partial charge in [-0.1, -0.05) is 35.3 Å². The van der Waals surface area contributed by atoms with E-state index in [9.17, 15) is 10.2 Å². The maximum absolute atomic E-state index is 10.2. The molecule has 0 radical (unpaired) electrons. The summed E-state index contributed by atoms with van der Waals surface area (Å²) >= 11 is 12.0. The second kappa shape index (κ2) is 6.91. The Labute approximate surface area is 123 Å². The molecule has 1 aliphatic heterocycles. The number of aliphatic hydroxyl groups is 2. The average Bonchev–Trinajstić information content (AvgIpc) is 2.41. The van der Waals surface area contributed by atoms with Crippen LogP contribution in [0.5, 0.6) is 0 Å². The summed E-state index contributed by atoms with van der Waals surface area (Å²) in [5.41, 5.74) is 0.686. The van der Waals surface area contributed by atoms with Crippen LogP contribution in [0.3, 0.4) is 0 Å². The maximum Gasteiger partial charge on any atom is 0.0817 e. The van der Waals surface area contributed by atoms with E-state index in [1.54, 1.807) is 18.2 Å². The number of piperidine rings is 1. The molecule has 1 aromatic carbocycles. The van der Waals surface area contributed by atoms with Gasteiger partial charge in [-0.3, -0.25) is 0 Å². The van der Waals surface area contributed by atoms with E-state index in [2.05, 4.69) is 4.90 Å². The molecule has 1 atom stereocenters. The molecule has 1 unspecified atom stereocenters. The predicted octanol–water partition coefficient (Wildman–Crippen LogP) is 2.87. The lowest BCUT2D eigenvalue weighted by Gasteiger charge is -2.30. The first-order valence-electron chi connectivity index (χ1n) is 6.60. The van der Waals surface area contributed by atoms with Crippen LogP contribution in [0.4, 0.5) is 0 Å². The first kappa shape index (κ1) is 15.1. The van der Waals surface area contributed by atoms with Crippen molar-refractivity contribution in [1.82, 2.24) is 4.90 Å². The zero-order valence-corrected chi connectivity index (χ0v) is 12.2. The minimum Gasteiger partial charge on any atom is -0.393 e. The van der Waals surface area contributed by atoms with Crippen LogP contribution in [0.1, 0.15) is 30.9 Å². The van der Waals surface area contributed by atoms with Gasteiger partial charge in [-0.25, -0.2) is 0 Å². The van der Waals surface area contributed by atoms with Crippen LogP contribution in [0.25, 0.3) is 0 Å². The van der Waals surface area contributed by atoms with Crippen LogP contribution < -0.4 is 0 Å². The van der Waals surface area contributed by atoms with Crippen LogP contribution in [-0.4, -0.2) is 40.9 Å². The number of hydrogen-bond acceptors (Lipinski definition) is 3. The van der Waals surface area contributed by atoms with Crippen molar-refractivity contribution in [2.75, 3.05) is 19.6 Å². The van der Waals surface area contributed by atoms with Crippen LogP contribution in [0.2, 0.25) is 10.0 Å². The van der Waals surface area contributed by atoms with Gasteiger partial charge in [0.05, 0.1) is 22.3 Å². The molecule has 0 amide bonds. The third-order valence-electron chi connectivity index (χ3n) is 3.62. The quantitative estimate of drug-likeness (QED) is 0.899. The van der Waals surface area contributed by atoms with Crippen molar-refractivity contribution in [1.29, 1.82) is 0 Å². The highest BCUT2D eigenvalue weighted by molar-refractivity contribution is 6.42. The average molecular weight is 304 g/mol. The number of benzene rings is 1. The molecule has 1 fully saturated rings. The van der Waals surface area contributed by atoms with E-state index in [1.165, 1.54) is 0 Å². The number of halogens is 2. The van der Waals surface area contributed by atoms with E-state index in [1.807, 2.05) is 0 Å². The second-order valence-electron chi connectivity index (χ2n) is 5.02. The Hall–Kier alpha value is -0.320. The van der Waals surface area contributed by atoms with Gasteiger partial charge in [-0.2, -0.15) is 0 Å². The van der Waals surface area contributed by atoms with Crippen molar-refractivity contribution in [3.63, 3.8) is 0 Å². The molecule has 1 saturated heterocycles. The SMILES string of the molecule is OC1CCN(CCC(O)c2cccc(Cl)c2Cl)CC1. The zero-order chi connectivity index (χ0) is 13.8. The molecule has 1 aliphatic rings. The van der Waals surface area contributed by atoms with Crippen LogP contribution in [0, 0.1) is 0 Å². The van der Waals surface area contributed by atoms with Crippen molar-refractivity contribution in [2.45, 2.75) is 31.5 Å². The third kappa shape index (κ3) is 4.07. The van der Waals surface area contributed by atoms with Gasteiger partial charge >= 0.3 is 0 Å². The van der Waals surface area contributed by atoms with E-state index in [0.29, 0.717) is 22.0 Å². The molecule has 1 aromatic rings. The summed E-state index contributed by atoms with van der Waals surface area (Å²) in [6, 6.07) is 5.31. The number of nitrogens with zero attached hydrogens (tertiary/aromatic N) is 1. The molecule has 0 spiro atoms. The van der Waals surface area contributed by atoms with Crippen LogP contribution in [-0.2, 0) is 0 Å². The lowest BCUT2D eigenvalue weighted by atomic mass is 10.0. The Morgan fingerprint density at radius 2 is 1.95 bits per heavy atom. The molecule has 5 heteroatoms. The molecule has 19 heavy (non-hydrogen) atoms. The van der Waals surface area contributed by atoms with Crippen molar-refractivity contribution in [2.24, 2.45) is 0 Å². The molecule has 3 nitrogen and oxygen atoms in total. The Balaban J connectivity index is 1.87. The minimum absolute atomic E-state index is 0.163. The summed E-state index contributed by atoms with van der Waals surface area (Å²) in [6.07, 6.45) is 1.49. The highest BCUT2D eigenvalue weighted by Crippen LogP contribution is 2.31. The predicted molar refractivity (Wildman–Crippen MR) is 77.7 cm³/mol. The number of rotatable bonds is 4. The van der Waals surface area contributed by atoms with E-state index in [4.69, 9.17) is 23.2 Å². The summed E-state index contributed by atoms with van der Waals surface area (Å²) in [7, 11) is 0. The minimum atomic E-state index is -0.599. The fourth-order valence-corrected chi connectivity index (χ4v) is 2.81. The van der Waals surface area contributed by atoms with Gasteiger partial charge in [-0.15, -0.1) is 0 Å². The topological polar surface area (TPSA) is 43.7 Å². The molecular formula is C14H19Cl2NO2. The second-order valence-corrected chi connectivity index (χ2v) is 5.81. The fourth-order valence-electron chi connectivity index (χ4n) is 2.38. The summed E-state index contributed by atoms with van der Waals surface area (Å²) in [5.74, 6) is 0. The van der Waals surface area contributed by atoms with Gasteiger partial charge in [0.1, 0.15) is 0 Å². The number of hydrogen-bond donors (Lipinski definition) is 2. The Morgan fingerprint density at radius 3 is 2.63 bits per heavy atom. The van der Waals surface area contributed by atoms with Crippen molar-refractivity contribution >= 4 is 23.2 Å². The summed E-state index contributed by atoms with van der Waals surface area (Å²) in [6.45, 7) is 2.57. The van der Waals surface area contributed by atoms with E-state index < -0.39 is 6.10 Å². The highest BCUT2D eigenvalue weighted by Gasteiger charge is 2.19. The molecule has 2 rings (SSSR count). The largest absolute Gasteiger partial charge is 0.393 e. The molecule has 0 aromatic heterocycles. The normalized spacial score (nSPS) is 19.6. The first-order valence-corrected chi connectivity index (χ1v) is 7.36. The van der Waals surface area contributed by atoms with Crippen LogP contribution in [0.15, 0.2) is 18.2 Å². The van der Waals surface area contributed by atoms with Gasteiger partial charge in [-0.05, 0) is 25.3 Å². The number of aliphatic hydroxyl groups excluding tert-OH is 2. The highest BCUT2D eigenvalue weighted by atomic mass is 35.5. The van der Waals surface area contributed by atoms with E-state index >= 15 is 0 Å². The standard InChI is InChI=1S/C14H19Cl2NO2/c15-12-3-1-2-11(14(12)16)13(19)6-9-17-7-4-10(18)5-8-17/h1-3,10,13,18-19H,4-9H2. The number of likely N-dealkylation sites (tertiary alicyclic amines) is 1. The molecule has 2 N–H and O–H groups in total. The first-order chi connectivity index (χ1) is 9.08. The van der Waals surface area contributed by atoms with Crippen molar-refractivity contribution in [3.8, 4) is 0 Å². The molecule has 0 saturated carbocycles. The lowest BCUT2D eigenvalue weighted by Crippen LogP contribution is -2.36. The monoisotopic (exact) mass is 303 g/mol. The lowest BCUT2D eigenvalue weighted by molar-refractivity contribution is 0.0711. The van der Waals surface area contributed by atoms with Gasteiger partial charge in [0, 0.05) is 25.2 Å². The smallest absolute Gasteiger partial charge is 0.0817 e. The third-order valence-corrected chi connectivity index (χ3v) is 4.45. The van der Waals surface area contributed by atoms with Gasteiger partial charge in [0.15, 0.2) is 0 Å². The molecule has 1 heterocycles. The van der Waals surface area contributed by atoms with Gasteiger partial charge in [0.25, 0.3) is 0 Å². The summed E-state index contributed by atoms with van der Waals surface area (Å²) in [5, 5.41) is 20.5. The molecule has 106 valence electrons. The van der Waals surface area contributed by atoms with E-state index in [-0.39, 0.29) is 6.10 Å². The van der Waals surface area contributed by atoms with Gasteiger partial charge < -0.3 is 15.1 Å². The Kier molecular flexibility index (Phi) is 5.48. The Bertz CT molecular complexity index is 420. The van der Waals surface area contributed by atoms with Gasteiger partial charge in [0.2, 0.25) is 0 Å². The summed E-state index contributed by atoms with van der Waals surface area (Å²) in [4.78, 5) is 2.26. The summed E-state index contributed by atoms with van der Waals surface area (Å²) < 4.78 is 0. The Morgan fingerprint density at radius 1 is 1.26 bits per heavy atom. The van der Waals surface area contributed by atoms with Crippen molar-refractivity contribution < 1.29 is 10.2 Å². The molecule has 0 aliphatic carbocycles. The molecule has 0 bridgehead atoms. The maximum atomic E-state index is 10.2. The zero-order valence-electron chi connectivity index (χ0n) is 10.7. The van der Waals surface area contributed by atoms with E-state index in [0.717, 1.165) is 32.5 Å². The fraction of sp³-hybridized carbons (Fsp3) is 0.571. The molecular weight excluding hydrogens is 285 g/mol.